The van der Waals surface area contributed by atoms with Gasteiger partial charge in [-0.3, -0.25) is 9.59 Å². The molecule has 22 heavy (non-hydrogen) atoms. The third-order valence-corrected chi connectivity index (χ3v) is 3.28. The Kier molecular flexibility index (Phi) is 6.87. The summed E-state index contributed by atoms with van der Waals surface area (Å²) in [6.45, 7) is 5.26. The van der Waals surface area contributed by atoms with Gasteiger partial charge in [-0.25, -0.2) is 0 Å². The molecule has 5 heteroatoms. The van der Waals surface area contributed by atoms with Crippen molar-refractivity contribution in [1.82, 2.24) is 0 Å². The molecule has 0 heterocycles. The summed E-state index contributed by atoms with van der Waals surface area (Å²) in [4.78, 5) is 23.6. The molecular formula is C17H19NO3S. The van der Waals surface area contributed by atoms with Gasteiger partial charge < -0.3 is 4.74 Å². The molecule has 1 aromatic rings. The van der Waals surface area contributed by atoms with E-state index < -0.39 is 17.5 Å². The van der Waals surface area contributed by atoms with Gasteiger partial charge in [-0.1, -0.05) is 48.2 Å². The third kappa shape index (κ3) is 6.59. The van der Waals surface area contributed by atoms with Gasteiger partial charge in [0.05, 0.1) is 6.07 Å². The molecule has 0 saturated heterocycles. The van der Waals surface area contributed by atoms with Crippen LogP contribution in [0.3, 0.4) is 0 Å². The Hall–Kier alpha value is -2.06. The van der Waals surface area contributed by atoms with Crippen LogP contribution in [0.5, 0.6) is 0 Å². The van der Waals surface area contributed by atoms with E-state index in [9.17, 15) is 9.59 Å². The molecule has 0 aliphatic rings. The quantitative estimate of drug-likeness (QED) is 0.769. The average molecular weight is 317 g/mol. The lowest BCUT2D eigenvalue weighted by Gasteiger charge is -2.20. The molecule has 0 fully saturated rings. The fourth-order valence-electron chi connectivity index (χ4n) is 1.52. The number of benzene rings is 1. The molecule has 1 atom stereocenters. The van der Waals surface area contributed by atoms with Crippen molar-refractivity contribution in [1.29, 1.82) is 5.26 Å². The number of esters is 1. The standard InChI is InChI=1S/C17H19NO3S/c1-17(2,3)21-15(19)14(12-18)10-7-11-22-16(20)13-8-5-4-6-9-13/h4-9,11,14H,10H2,1-3H3/b11-7+. The summed E-state index contributed by atoms with van der Waals surface area (Å²) in [7, 11) is 0. The van der Waals surface area contributed by atoms with Crippen molar-refractivity contribution in [2.24, 2.45) is 5.92 Å². The van der Waals surface area contributed by atoms with E-state index in [-0.39, 0.29) is 11.5 Å². The number of nitrogens with zero attached hydrogens (tertiary/aromatic N) is 1. The maximum atomic E-state index is 11.8. The molecule has 116 valence electrons. The van der Waals surface area contributed by atoms with Crippen molar-refractivity contribution in [3.63, 3.8) is 0 Å². The smallest absolute Gasteiger partial charge is 0.324 e. The van der Waals surface area contributed by atoms with E-state index in [1.54, 1.807) is 56.5 Å². The van der Waals surface area contributed by atoms with Crippen LogP contribution in [0.25, 0.3) is 0 Å². The highest BCUT2D eigenvalue weighted by atomic mass is 32.2. The number of rotatable bonds is 5. The molecule has 1 aromatic carbocycles. The van der Waals surface area contributed by atoms with Gasteiger partial charge in [0.1, 0.15) is 11.5 Å². The molecule has 1 rings (SSSR count). The van der Waals surface area contributed by atoms with E-state index in [1.165, 1.54) is 0 Å². The van der Waals surface area contributed by atoms with Crippen LogP contribution in [0.15, 0.2) is 41.8 Å². The summed E-state index contributed by atoms with van der Waals surface area (Å²) in [5.74, 6) is -1.40. The second-order valence-electron chi connectivity index (χ2n) is 5.59. The predicted octanol–water partition coefficient (Wildman–Crippen LogP) is 3.95. The Balaban J connectivity index is 2.48. The molecular weight excluding hydrogens is 298 g/mol. The molecule has 0 spiro atoms. The minimum Gasteiger partial charge on any atom is -0.459 e. The number of nitriles is 1. The number of carbonyl (C=O) groups excluding carboxylic acids is 2. The highest BCUT2D eigenvalue weighted by Gasteiger charge is 2.23. The molecule has 4 nitrogen and oxygen atoms in total. The first-order valence-electron chi connectivity index (χ1n) is 6.87. The van der Waals surface area contributed by atoms with Crippen LogP contribution in [0.2, 0.25) is 0 Å². The van der Waals surface area contributed by atoms with Crippen molar-refractivity contribution in [2.45, 2.75) is 32.8 Å². The average Bonchev–Trinajstić information content (AvgIpc) is 2.46. The Morgan fingerprint density at radius 3 is 2.50 bits per heavy atom. The zero-order valence-electron chi connectivity index (χ0n) is 12.9. The van der Waals surface area contributed by atoms with Gasteiger partial charge >= 0.3 is 5.97 Å². The van der Waals surface area contributed by atoms with Crippen LogP contribution in [0.4, 0.5) is 0 Å². The monoisotopic (exact) mass is 317 g/mol. The van der Waals surface area contributed by atoms with Crippen molar-refractivity contribution in [3.8, 4) is 6.07 Å². The molecule has 0 amide bonds. The van der Waals surface area contributed by atoms with Crippen LogP contribution in [-0.2, 0) is 9.53 Å². The van der Waals surface area contributed by atoms with Crippen molar-refractivity contribution < 1.29 is 14.3 Å². The number of carbonyl (C=O) groups is 2. The Morgan fingerprint density at radius 1 is 1.32 bits per heavy atom. The Bertz CT molecular complexity index is 582. The predicted molar refractivity (Wildman–Crippen MR) is 87.1 cm³/mol. The van der Waals surface area contributed by atoms with Gasteiger partial charge in [-0.2, -0.15) is 5.26 Å². The second-order valence-corrected chi connectivity index (χ2v) is 6.47. The Morgan fingerprint density at radius 2 is 1.95 bits per heavy atom. The molecule has 0 N–H and O–H groups in total. The second kappa shape index (κ2) is 8.40. The number of thioether (sulfide) groups is 1. The molecule has 0 aliphatic carbocycles. The number of hydrogen-bond acceptors (Lipinski definition) is 5. The lowest BCUT2D eigenvalue weighted by atomic mass is 10.1. The largest absolute Gasteiger partial charge is 0.459 e. The molecule has 0 saturated carbocycles. The lowest BCUT2D eigenvalue weighted by molar-refractivity contribution is -0.157. The van der Waals surface area contributed by atoms with E-state index >= 15 is 0 Å². The van der Waals surface area contributed by atoms with Crippen molar-refractivity contribution >= 4 is 22.8 Å². The molecule has 0 radical (unpaired) electrons. The van der Waals surface area contributed by atoms with Crippen LogP contribution in [0, 0.1) is 17.2 Å². The Labute approximate surface area is 135 Å². The van der Waals surface area contributed by atoms with E-state index in [2.05, 4.69) is 0 Å². The van der Waals surface area contributed by atoms with E-state index in [0.29, 0.717) is 5.56 Å². The van der Waals surface area contributed by atoms with Gasteiger partial charge in [0.15, 0.2) is 0 Å². The summed E-state index contributed by atoms with van der Waals surface area (Å²) in [6, 6.07) is 10.8. The number of ether oxygens (including phenoxy) is 1. The van der Waals surface area contributed by atoms with Gasteiger partial charge in [-0.05, 0) is 32.6 Å². The fraction of sp³-hybridized carbons (Fsp3) is 0.353. The number of hydrogen-bond donors (Lipinski definition) is 0. The highest BCUT2D eigenvalue weighted by Crippen LogP contribution is 2.17. The third-order valence-electron chi connectivity index (χ3n) is 2.50. The van der Waals surface area contributed by atoms with Crippen LogP contribution in [0.1, 0.15) is 37.6 Å². The first kappa shape index (κ1) is 18.0. The molecule has 0 aromatic heterocycles. The minimum atomic E-state index is -0.858. The van der Waals surface area contributed by atoms with Crippen LogP contribution in [-0.4, -0.2) is 16.7 Å². The van der Waals surface area contributed by atoms with E-state index in [0.717, 1.165) is 11.8 Å². The van der Waals surface area contributed by atoms with Crippen LogP contribution < -0.4 is 0 Å². The number of allylic oxidation sites excluding steroid dienone is 1. The minimum absolute atomic E-state index is 0.0809. The summed E-state index contributed by atoms with van der Waals surface area (Å²) in [5, 5.41) is 10.5. The van der Waals surface area contributed by atoms with Gasteiger partial charge in [0.25, 0.3) is 0 Å². The fourth-order valence-corrected chi connectivity index (χ4v) is 2.12. The highest BCUT2D eigenvalue weighted by molar-refractivity contribution is 8.16. The molecule has 1 unspecified atom stereocenters. The first-order valence-corrected chi connectivity index (χ1v) is 7.75. The zero-order valence-corrected chi connectivity index (χ0v) is 13.7. The van der Waals surface area contributed by atoms with E-state index in [4.69, 9.17) is 10.00 Å². The normalized spacial score (nSPS) is 12.6. The van der Waals surface area contributed by atoms with Gasteiger partial charge in [-0.15, -0.1) is 0 Å². The van der Waals surface area contributed by atoms with Crippen molar-refractivity contribution in [2.75, 3.05) is 0 Å². The van der Waals surface area contributed by atoms with Gasteiger partial charge in [0, 0.05) is 5.56 Å². The lowest BCUT2D eigenvalue weighted by Crippen LogP contribution is -2.28. The maximum absolute atomic E-state index is 11.8. The van der Waals surface area contributed by atoms with E-state index in [1.807, 2.05) is 12.1 Å². The summed E-state index contributed by atoms with van der Waals surface area (Å²) >= 11 is 1.03. The molecule has 0 bridgehead atoms. The maximum Gasteiger partial charge on any atom is 0.324 e. The van der Waals surface area contributed by atoms with Crippen molar-refractivity contribution in [3.05, 3.63) is 47.4 Å². The topological polar surface area (TPSA) is 67.2 Å². The van der Waals surface area contributed by atoms with Crippen LogP contribution >= 0.6 is 11.8 Å². The summed E-state index contributed by atoms with van der Waals surface area (Å²) < 4.78 is 5.17. The summed E-state index contributed by atoms with van der Waals surface area (Å²) in [5.41, 5.74) is -0.00499. The van der Waals surface area contributed by atoms with Gasteiger partial charge in [0.2, 0.25) is 5.12 Å². The molecule has 0 aliphatic heterocycles. The summed E-state index contributed by atoms with van der Waals surface area (Å²) in [6.07, 6.45) is 1.86. The first-order chi connectivity index (χ1) is 10.3. The SMILES string of the molecule is CC(C)(C)OC(=O)C(C#N)C/C=C/SC(=O)c1ccccc1. The zero-order chi connectivity index (χ0) is 16.6.